The van der Waals surface area contributed by atoms with Crippen LogP contribution in [0.3, 0.4) is 0 Å². The van der Waals surface area contributed by atoms with Crippen LogP contribution in [0.25, 0.3) is 0 Å². The van der Waals surface area contributed by atoms with Crippen LogP contribution in [-0.4, -0.2) is 0 Å². The molecule has 1 rings (SSSR count). The van der Waals surface area contributed by atoms with E-state index in [1.165, 1.54) is 19.3 Å². The third-order valence-corrected chi connectivity index (χ3v) is 3.82. The van der Waals surface area contributed by atoms with Crippen molar-refractivity contribution in [1.82, 2.24) is 0 Å². The average Bonchev–Trinajstić information content (AvgIpc) is 1.79. The monoisotopic (exact) mass is 182 g/mol. The first-order chi connectivity index (χ1) is 5.75. The van der Waals surface area contributed by atoms with Crippen LogP contribution in [0.1, 0.15) is 60.8 Å². The molecule has 0 radical (unpaired) electrons. The molecule has 0 saturated heterocycles. The topological polar surface area (TPSA) is 0 Å². The van der Waals surface area contributed by atoms with Gasteiger partial charge in [-0.05, 0) is 29.1 Å². The molecule has 0 bridgehead atoms. The summed E-state index contributed by atoms with van der Waals surface area (Å²) >= 11 is 0. The van der Waals surface area contributed by atoms with Crippen LogP contribution in [0.15, 0.2) is 0 Å². The molecule has 1 aliphatic rings. The Balaban J connectivity index is 2.87. The van der Waals surface area contributed by atoms with E-state index in [0.29, 0.717) is 10.8 Å². The van der Waals surface area contributed by atoms with E-state index < -0.39 is 0 Å². The Hall–Kier alpha value is 0. The van der Waals surface area contributed by atoms with Crippen molar-refractivity contribution in [3.63, 3.8) is 0 Å². The Labute approximate surface area is 84.1 Å². The average molecular weight is 182 g/mol. The maximum absolute atomic E-state index is 2.46. The van der Waals surface area contributed by atoms with Crippen molar-refractivity contribution >= 4 is 0 Å². The van der Waals surface area contributed by atoms with E-state index in [9.17, 15) is 0 Å². The molecular weight excluding hydrogens is 156 g/mol. The third kappa shape index (κ3) is 2.27. The van der Waals surface area contributed by atoms with E-state index in [-0.39, 0.29) is 0 Å². The predicted molar refractivity (Wildman–Crippen MR) is 59.7 cm³/mol. The molecule has 0 aromatic heterocycles. The second-order valence-electron chi connectivity index (χ2n) is 6.70. The van der Waals surface area contributed by atoms with Crippen LogP contribution < -0.4 is 0 Å². The molecule has 0 N–H and O–H groups in total. The molecule has 0 nitrogen and oxygen atoms in total. The highest BCUT2D eigenvalue weighted by Crippen LogP contribution is 2.51. The van der Waals surface area contributed by atoms with Gasteiger partial charge < -0.3 is 0 Å². The van der Waals surface area contributed by atoms with E-state index >= 15 is 0 Å². The molecule has 0 aromatic rings. The lowest BCUT2D eigenvalue weighted by molar-refractivity contribution is -0.00238. The SMILES string of the molecule is CC1CCCC(C)(C)C1C(C)(C)C. The molecule has 0 aromatic carbocycles. The molecule has 78 valence electrons. The van der Waals surface area contributed by atoms with Gasteiger partial charge in [0.05, 0.1) is 0 Å². The van der Waals surface area contributed by atoms with Crippen molar-refractivity contribution in [3.8, 4) is 0 Å². The number of hydrogen-bond acceptors (Lipinski definition) is 0. The van der Waals surface area contributed by atoms with Gasteiger partial charge in [-0.25, -0.2) is 0 Å². The summed E-state index contributed by atoms with van der Waals surface area (Å²) in [7, 11) is 0. The molecule has 2 atom stereocenters. The Kier molecular flexibility index (Phi) is 2.81. The van der Waals surface area contributed by atoms with Gasteiger partial charge in [0.15, 0.2) is 0 Å². The second-order valence-corrected chi connectivity index (χ2v) is 6.70. The zero-order valence-corrected chi connectivity index (χ0v) is 10.3. The molecule has 0 heteroatoms. The van der Waals surface area contributed by atoms with E-state index in [2.05, 4.69) is 41.5 Å². The summed E-state index contributed by atoms with van der Waals surface area (Å²) in [5.41, 5.74) is 1.03. The minimum atomic E-state index is 0.476. The predicted octanol–water partition coefficient (Wildman–Crippen LogP) is 4.49. The first kappa shape index (κ1) is 11.1. The zero-order valence-electron chi connectivity index (χ0n) is 10.3. The van der Waals surface area contributed by atoms with Gasteiger partial charge in [0.25, 0.3) is 0 Å². The minimum Gasteiger partial charge on any atom is -0.0622 e. The van der Waals surface area contributed by atoms with E-state index in [4.69, 9.17) is 0 Å². The van der Waals surface area contributed by atoms with Crippen LogP contribution in [0.2, 0.25) is 0 Å². The molecule has 1 aliphatic carbocycles. The molecule has 0 spiro atoms. The van der Waals surface area contributed by atoms with Crippen molar-refractivity contribution in [2.24, 2.45) is 22.7 Å². The minimum absolute atomic E-state index is 0.476. The Morgan fingerprint density at radius 3 is 2.00 bits per heavy atom. The maximum Gasteiger partial charge on any atom is -0.0288 e. The standard InChI is InChI=1S/C13H26/c1-10-8-7-9-13(5,6)11(10)12(2,3)4/h10-11H,7-9H2,1-6H3. The van der Waals surface area contributed by atoms with Gasteiger partial charge in [-0.2, -0.15) is 0 Å². The summed E-state index contributed by atoms with van der Waals surface area (Å²) in [6.45, 7) is 14.6. The maximum atomic E-state index is 2.46. The molecule has 0 heterocycles. The number of rotatable bonds is 0. The fourth-order valence-corrected chi connectivity index (χ4v) is 4.00. The second kappa shape index (κ2) is 3.29. The summed E-state index contributed by atoms with van der Waals surface area (Å²) < 4.78 is 0. The highest BCUT2D eigenvalue weighted by Gasteiger charge is 2.43. The highest BCUT2D eigenvalue weighted by atomic mass is 14.5. The molecule has 2 unspecified atom stereocenters. The van der Waals surface area contributed by atoms with Crippen molar-refractivity contribution in [3.05, 3.63) is 0 Å². The fourth-order valence-electron chi connectivity index (χ4n) is 4.00. The third-order valence-electron chi connectivity index (χ3n) is 3.82. The van der Waals surface area contributed by atoms with E-state index in [0.717, 1.165) is 11.8 Å². The molecule has 1 fully saturated rings. The summed E-state index contributed by atoms with van der Waals surface area (Å²) in [5.74, 6) is 1.79. The Bertz CT molecular complexity index is 171. The van der Waals surface area contributed by atoms with Crippen molar-refractivity contribution in [2.45, 2.75) is 60.8 Å². The molecule has 1 saturated carbocycles. The lowest BCUT2D eigenvalue weighted by atomic mass is 9.55. The van der Waals surface area contributed by atoms with Crippen LogP contribution in [0.5, 0.6) is 0 Å². The van der Waals surface area contributed by atoms with Gasteiger partial charge in [-0.3, -0.25) is 0 Å². The normalized spacial score (nSPS) is 34.6. The molecule has 0 aliphatic heterocycles. The van der Waals surface area contributed by atoms with Crippen LogP contribution in [-0.2, 0) is 0 Å². The van der Waals surface area contributed by atoms with Gasteiger partial charge in [-0.15, -0.1) is 0 Å². The lowest BCUT2D eigenvalue weighted by Gasteiger charge is -2.50. The lowest BCUT2D eigenvalue weighted by Crippen LogP contribution is -2.41. The summed E-state index contributed by atoms with van der Waals surface area (Å²) in [6, 6.07) is 0. The fraction of sp³-hybridized carbons (Fsp3) is 1.00. The van der Waals surface area contributed by atoms with Gasteiger partial charge >= 0.3 is 0 Å². The largest absolute Gasteiger partial charge is 0.0622 e. The molecule has 0 amide bonds. The van der Waals surface area contributed by atoms with Gasteiger partial charge in [0, 0.05) is 0 Å². The van der Waals surface area contributed by atoms with E-state index in [1.54, 1.807) is 0 Å². The van der Waals surface area contributed by atoms with Crippen molar-refractivity contribution in [1.29, 1.82) is 0 Å². The van der Waals surface area contributed by atoms with Crippen molar-refractivity contribution in [2.75, 3.05) is 0 Å². The van der Waals surface area contributed by atoms with Crippen LogP contribution in [0.4, 0.5) is 0 Å². The molecular formula is C13H26. The first-order valence-corrected chi connectivity index (χ1v) is 5.75. The number of hydrogen-bond donors (Lipinski definition) is 0. The van der Waals surface area contributed by atoms with Crippen LogP contribution in [0, 0.1) is 22.7 Å². The summed E-state index contributed by atoms with van der Waals surface area (Å²) in [5, 5.41) is 0. The zero-order chi connectivity index (χ0) is 10.3. The smallest absolute Gasteiger partial charge is 0.0288 e. The first-order valence-electron chi connectivity index (χ1n) is 5.75. The highest BCUT2D eigenvalue weighted by molar-refractivity contribution is 4.92. The quantitative estimate of drug-likeness (QED) is 0.517. The van der Waals surface area contributed by atoms with Gasteiger partial charge in [0.1, 0.15) is 0 Å². The molecule has 13 heavy (non-hydrogen) atoms. The van der Waals surface area contributed by atoms with Crippen LogP contribution >= 0.6 is 0 Å². The Morgan fingerprint density at radius 1 is 1.15 bits per heavy atom. The summed E-state index contributed by atoms with van der Waals surface area (Å²) in [6.07, 6.45) is 4.28. The van der Waals surface area contributed by atoms with Crippen molar-refractivity contribution < 1.29 is 0 Å². The van der Waals surface area contributed by atoms with E-state index in [1.807, 2.05) is 0 Å². The Morgan fingerprint density at radius 2 is 1.69 bits per heavy atom. The summed E-state index contributed by atoms with van der Waals surface area (Å²) in [4.78, 5) is 0. The van der Waals surface area contributed by atoms with Gasteiger partial charge in [-0.1, -0.05) is 54.4 Å². The van der Waals surface area contributed by atoms with Gasteiger partial charge in [0.2, 0.25) is 0 Å².